The van der Waals surface area contributed by atoms with Crippen molar-refractivity contribution in [2.75, 3.05) is 6.54 Å². The van der Waals surface area contributed by atoms with Crippen molar-refractivity contribution in [3.05, 3.63) is 48.4 Å². The second-order valence-corrected chi connectivity index (χ2v) is 12.3. The van der Waals surface area contributed by atoms with Crippen LogP contribution in [0, 0.1) is 0 Å². The third kappa shape index (κ3) is 5.14. The van der Waals surface area contributed by atoms with Crippen molar-refractivity contribution in [2.45, 2.75) is 90.6 Å². The number of H-pyrrole nitrogens is 1. The van der Waals surface area contributed by atoms with Gasteiger partial charge in [0.1, 0.15) is 11.4 Å². The number of imidazole rings is 1. The van der Waals surface area contributed by atoms with Gasteiger partial charge >= 0.3 is 13.2 Å². The van der Waals surface area contributed by atoms with Crippen LogP contribution in [0.3, 0.4) is 0 Å². The molecular formula is C29H38BN3O4. The van der Waals surface area contributed by atoms with Gasteiger partial charge in [0.2, 0.25) is 0 Å². The number of hydrogen-bond acceptors (Lipinski definition) is 5. The first-order valence-corrected chi connectivity index (χ1v) is 13.3. The van der Waals surface area contributed by atoms with Gasteiger partial charge in [-0.25, -0.2) is 9.78 Å². The average molecular weight is 503 g/mol. The predicted molar refractivity (Wildman–Crippen MR) is 147 cm³/mol. The maximum Gasteiger partial charge on any atom is 0.494 e. The SMILES string of the molecule is CC(C)(C)OC(=O)N1CCCCC1c1ncc(-c2ccc3cc(B4OC(C)(C)C(C)(C)O4)ccc3c2)[nH]1. The number of nitrogens with one attached hydrogen (secondary N) is 1. The van der Waals surface area contributed by atoms with Crippen LogP contribution in [0.4, 0.5) is 4.79 Å². The molecule has 1 amide bonds. The number of benzene rings is 2. The van der Waals surface area contributed by atoms with Gasteiger partial charge in [-0.2, -0.15) is 0 Å². The summed E-state index contributed by atoms with van der Waals surface area (Å²) >= 11 is 0. The van der Waals surface area contributed by atoms with Crippen molar-refractivity contribution in [1.82, 2.24) is 14.9 Å². The van der Waals surface area contributed by atoms with Crippen molar-refractivity contribution >= 4 is 29.4 Å². The summed E-state index contributed by atoms with van der Waals surface area (Å²) in [5, 5.41) is 2.25. The van der Waals surface area contributed by atoms with Crippen LogP contribution < -0.4 is 5.46 Å². The first-order valence-electron chi connectivity index (χ1n) is 13.3. The fraction of sp³-hybridized carbons (Fsp3) is 0.517. The van der Waals surface area contributed by atoms with Crippen LogP contribution in [0.5, 0.6) is 0 Å². The molecule has 2 fully saturated rings. The average Bonchev–Trinajstić information content (AvgIpc) is 3.39. The number of amides is 1. The number of likely N-dealkylation sites (tertiary alicyclic amines) is 1. The highest BCUT2D eigenvalue weighted by Gasteiger charge is 2.51. The molecule has 1 aromatic heterocycles. The van der Waals surface area contributed by atoms with E-state index in [1.54, 1.807) is 0 Å². The van der Waals surface area contributed by atoms with E-state index in [9.17, 15) is 4.79 Å². The highest BCUT2D eigenvalue weighted by Crippen LogP contribution is 2.37. The van der Waals surface area contributed by atoms with E-state index in [1.165, 1.54) is 0 Å². The molecular weight excluding hydrogens is 465 g/mol. The number of carbonyl (C=O) groups is 1. The number of rotatable bonds is 3. The van der Waals surface area contributed by atoms with E-state index in [0.717, 1.165) is 52.6 Å². The molecule has 0 spiro atoms. The van der Waals surface area contributed by atoms with E-state index in [2.05, 4.69) is 74.1 Å². The molecule has 0 aliphatic carbocycles. The predicted octanol–water partition coefficient (Wildman–Crippen LogP) is 5.99. The summed E-state index contributed by atoms with van der Waals surface area (Å²) in [5.74, 6) is 0.803. The second-order valence-electron chi connectivity index (χ2n) is 12.3. The summed E-state index contributed by atoms with van der Waals surface area (Å²) in [4.78, 5) is 22.8. The molecule has 0 radical (unpaired) electrons. The van der Waals surface area contributed by atoms with Crippen molar-refractivity contribution in [2.24, 2.45) is 0 Å². The van der Waals surface area contributed by atoms with E-state index >= 15 is 0 Å². The quantitative estimate of drug-likeness (QED) is 0.445. The summed E-state index contributed by atoms with van der Waals surface area (Å²) in [6.07, 6.45) is 4.48. The van der Waals surface area contributed by atoms with Crippen LogP contribution >= 0.6 is 0 Å². The van der Waals surface area contributed by atoms with Gasteiger partial charge < -0.3 is 19.0 Å². The molecule has 1 unspecified atom stereocenters. The van der Waals surface area contributed by atoms with Crippen LogP contribution in [0.15, 0.2) is 42.6 Å². The molecule has 1 N–H and O–H groups in total. The lowest BCUT2D eigenvalue weighted by Gasteiger charge is -2.35. The Balaban J connectivity index is 1.36. The molecule has 8 heteroatoms. The number of carbonyl (C=O) groups excluding carboxylic acids is 1. The summed E-state index contributed by atoms with van der Waals surface area (Å²) in [6.45, 7) is 14.6. The molecule has 2 saturated heterocycles. The molecule has 7 nitrogen and oxygen atoms in total. The Labute approximate surface area is 220 Å². The molecule has 2 aromatic carbocycles. The molecule has 1 atom stereocenters. The molecule has 5 rings (SSSR count). The Morgan fingerprint density at radius 3 is 2.43 bits per heavy atom. The Morgan fingerprint density at radius 2 is 1.73 bits per heavy atom. The molecule has 3 heterocycles. The summed E-state index contributed by atoms with van der Waals surface area (Å²) < 4.78 is 18.1. The Kier molecular flexibility index (Phi) is 6.40. The fourth-order valence-corrected chi connectivity index (χ4v) is 4.97. The van der Waals surface area contributed by atoms with E-state index in [0.29, 0.717) is 6.54 Å². The Hall–Kier alpha value is -2.84. The van der Waals surface area contributed by atoms with Gasteiger partial charge in [0.05, 0.1) is 29.1 Å². The van der Waals surface area contributed by atoms with Crippen LogP contribution in [-0.4, -0.2) is 51.4 Å². The Morgan fingerprint density at radius 1 is 1.05 bits per heavy atom. The van der Waals surface area contributed by atoms with Gasteiger partial charge in [0.15, 0.2) is 0 Å². The number of aromatic amines is 1. The van der Waals surface area contributed by atoms with E-state index < -0.39 is 5.60 Å². The van der Waals surface area contributed by atoms with Gasteiger partial charge in [0, 0.05) is 12.1 Å². The zero-order chi connectivity index (χ0) is 26.6. The molecule has 3 aromatic rings. The summed E-state index contributed by atoms with van der Waals surface area (Å²) in [5.41, 5.74) is 1.73. The normalized spacial score (nSPS) is 21.4. The minimum Gasteiger partial charge on any atom is -0.444 e. The molecule has 37 heavy (non-hydrogen) atoms. The second kappa shape index (κ2) is 9.17. The molecule has 2 aliphatic rings. The number of hydrogen-bond donors (Lipinski definition) is 1. The standard InChI is InChI=1S/C29H38BN3O4/c1-27(2,3)35-26(34)33-15-9-8-10-24(33)25-31-18-23(32-25)21-12-11-20-17-22(14-13-19(20)16-21)30-36-28(4,5)29(6,7)37-30/h11-14,16-18,24H,8-10,15H2,1-7H3,(H,31,32). The van der Waals surface area contributed by atoms with Gasteiger partial charge in [-0.3, -0.25) is 4.90 Å². The summed E-state index contributed by atoms with van der Waals surface area (Å²) in [6, 6.07) is 12.6. The molecule has 196 valence electrons. The first kappa shape index (κ1) is 25.8. The van der Waals surface area contributed by atoms with Crippen molar-refractivity contribution < 1.29 is 18.8 Å². The van der Waals surface area contributed by atoms with Crippen molar-refractivity contribution in [1.29, 1.82) is 0 Å². The van der Waals surface area contributed by atoms with Gasteiger partial charge in [-0.15, -0.1) is 0 Å². The number of fused-ring (bicyclic) bond motifs is 1. The van der Waals surface area contributed by atoms with E-state index in [-0.39, 0.29) is 30.5 Å². The fourth-order valence-electron chi connectivity index (χ4n) is 4.97. The largest absolute Gasteiger partial charge is 0.494 e. The third-order valence-electron chi connectivity index (χ3n) is 7.74. The summed E-state index contributed by atoms with van der Waals surface area (Å²) in [7, 11) is -0.382. The lowest BCUT2D eigenvalue weighted by Crippen LogP contribution is -2.42. The highest BCUT2D eigenvalue weighted by molar-refractivity contribution is 6.62. The van der Waals surface area contributed by atoms with Crippen molar-refractivity contribution in [3.8, 4) is 11.3 Å². The Bertz CT molecular complexity index is 1290. The zero-order valence-corrected chi connectivity index (χ0v) is 23.1. The lowest BCUT2D eigenvalue weighted by atomic mass is 9.78. The van der Waals surface area contributed by atoms with E-state index in [1.807, 2.05) is 31.9 Å². The number of ether oxygens (including phenoxy) is 1. The van der Waals surface area contributed by atoms with Crippen molar-refractivity contribution in [3.63, 3.8) is 0 Å². The molecule has 0 bridgehead atoms. The minimum absolute atomic E-state index is 0.111. The number of nitrogens with zero attached hydrogens (tertiary/aromatic N) is 2. The van der Waals surface area contributed by atoms with Crippen LogP contribution in [-0.2, 0) is 14.0 Å². The van der Waals surface area contributed by atoms with Crippen LogP contribution in [0.1, 0.15) is 79.6 Å². The molecule has 2 aliphatic heterocycles. The molecule has 0 saturated carbocycles. The third-order valence-corrected chi connectivity index (χ3v) is 7.74. The zero-order valence-electron chi connectivity index (χ0n) is 23.1. The maximum absolute atomic E-state index is 12.9. The van der Waals surface area contributed by atoms with Gasteiger partial charge in [-0.05, 0) is 90.0 Å². The van der Waals surface area contributed by atoms with Crippen LogP contribution in [0.25, 0.3) is 22.0 Å². The monoisotopic (exact) mass is 503 g/mol. The maximum atomic E-state index is 12.9. The first-order chi connectivity index (χ1) is 17.3. The smallest absolute Gasteiger partial charge is 0.444 e. The van der Waals surface area contributed by atoms with Gasteiger partial charge in [-0.1, -0.05) is 30.3 Å². The van der Waals surface area contributed by atoms with Gasteiger partial charge in [0.25, 0.3) is 0 Å². The number of piperidine rings is 1. The lowest BCUT2D eigenvalue weighted by molar-refractivity contribution is 0.00578. The van der Waals surface area contributed by atoms with Crippen LogP contribution in [0.2, 0.25) is 0 Å². The highest BCUT2D eigenvalue weighted by atomic mass is 16.7. The number of aromatic nitrogens is 2. The topological polar surface area (TPSA) is 76.7 Å². The van der Waals surface area contributed by atoms with E-state index in [4.69, 9.17) is 14.0 Å². The minimum atomic E-state index is -0.527.